The van der Waals surface area contributed by atoms with Crippen LogP contribution in [0.15, 0.2) is 6.20 Å². The molecule has 0 unspecified atom stereocenters. The minimum atomic E-state index is -0.605. The molecule has 2 aromatic heterocycles. The van der Waals surface area contributed by atoms with Crippen LogP contribution in [0, 0.1) is 0 Å². The quantitative estimate of drug-likeness (QED) is 0.730. The molecule has 0 aromatic carbocycles. The zero-order valence-corrected chi connectivity index (χ0v) is 13.6. The number of carbonyl (C=O) groups is 2. The highest BCUT2D eigenvalue weighted by molar-refractivity contribution is 5.98. The van der Waals surface area contributed by atoms with Crippen molar-refractivity contribution in [3.63, 3.8) is 0 Å². The van der Waals surface area contributed by atoms with Crippen molar-refractivity contribution in [1.82, 2.24) is 29.6 Å². The molecular formula is C14H19N7O3. The van der Waals surface area contributed by atoms with Crippen LogP contribution in [0.4, 0.5) is 5.82 Å². The molecule has 128 valence electrons. The Morgan fingerprint density at radius 3 is 2.62 bits per heavy atom. The van der Waals surface area contributed by atoms with Crippen LogP contribution < -0.4 is 5.73 Å². The molecule has 2 N–H and O–H groups in total. The molecule has 1 aliphatic heterocycles. The first kappa shape index (κ1) is 16.1. The van der Waals surface area contributed by atoms with E-state index in [1.165, 1.54) is 10.7 Å². The third kappa shape index (κ3) is 2.75. The molecule has 0 saturated carbocycles. The molecule has 3 heterocycles. The van der Waals surface area contributed by atoms with Crippen LogP contribution in [0.1, 0.15) is 27.9 Å². The summed E-state index contributed by atoms with van der Waals surface area (Å²) in [5, 5.41) is 7.63. The van der Waals surface area contributed by atoms with Gasteiger partial charge in [0.25, 0.3) is 5.91 Å². The third-order valence-corrected chi connectivity index (χ3v) is 3.95. The van der Waals surface area contributed by atoms with E-state index in [4.69, 9.17) is 10.5 Å². The molecule has 1 fully saturated rings. The fourth-order valence-electron chi connectivity index (χ4n) is 2.54. The summed E-state index contributed by atoms with van der Waals surface area (Å²) in [6.07, 6.45) is 1.37. The van der Waals surface area contributed by atoms with E-state index in [1.54, 1.807) is 11.8 Å². The van der Waals surface area contributed by atoms with Gasteiger partial charge in [-0.05, 0) is 14.0 Å². The predicted octanol–water partition coefficient (Wildman–Crippen LogP) is -0.729. The fraction of sp³-hybridized carbons (Fsp3) is 0.500. The maximum absolute atomic E-state index is 12.6. The molecule has 0 spiro atoms. The zero-order chi connectivity index (χ0) is 17.3. The Morgan fingerprint density at radius 1 is 1.25 bits per heavy atom. The molecule has 0 radical (unpaired) electrons. The topological polar surface area (TPSA) is 119 Å². The highest BCUT2D eigenvalue weighted by atomic mass is 16.5. The lowest BCUT2D eigenvalue weighted by molar-refractivity contribution is 0.0521. The number of ether oxygens (including phenoxy) is 1. The maximum Gasteiger partial charge on any atom is 0.361 e. The van der Waals surface area contributed by atoms with Gasteiger partial charge in [0.2, 0.25) is 0 Å². The Balaban J connectivity index is 1.92. The van der Waals surface area contributed by atoms with Crippen molar-refractivity contribution in [1.29, 1.82) is 0 Å². The monoisotopic (exact) mass is 333 g/mol. The van der Waals surface area contributed by atoms with Crippen molar-refractivity contribution in [3.8, 4) is 0 Å². The van der Waals surface area contributed by atoms with Gasteiger partial charge in [-0.2, -0.15) is 4.52 Å². The van der Waals surface area contributed by atoms with Gasteiger partial charge in [-0.3, -0.25) is 4.79 Å². The van der Waals surface area contributed by atoms with Gasteiger partial charge in [-0.15, -0.1) is 5.10 Å². The Bertz CT molecular complexity index is 780. The Morgan fingerprint density at radius 2 is 1.96 bits per heavy atom. The number of fused-ring (bicyclic) bond motifs is 1. The molecule has 0 aliphatic carbocycles. The summed E-state index contributed by atoms with van der Waals surface area (Å²) in [5.41, 5.74) is 6.46. The van der Waals surface area contributed by atoms with E-state index in [9.17, 15) is 9.59 Å². The summed E-state index contributed by atoms with van der Waals surface area (Å²) >= 11 is 0. The van der Waals surface area contributed by atoms with Crippen molar-refractivity contribution >= 4 is 23.2 Å². The average molecular weight is 333 g/mol. The molecule has 1 aliphatic rings. The lowest BCUT2D eigenvalue weighted by Crippen LogP contribution is -2.47. The van der Waals surface area contributed by atoms with Crippen LogP contribution in [-0.4, -0.2) is 81.3 Å². The summed E-state index contributed by atoms with van der Waals surface area (Å²) in [6.45, 7) is 4.73. The number of hydrogen-bond donors (Lipinski definition) is 1. The van der Waals surface area contributed by atoms with E-state index in [1.807, 2.05) is 7.05 Å². The number of carbonyl (C=O) groups excluding carboxylic acids is 2. The van der Waals surface area contributed by atoms with Gasteiger partial charge in [0.05, 0.1) is 12.8 Å². The molecular weight excluding hydrogens is 314 g/mol. The standard InChI is InChI=1S/C14H19N7O3/c1-3-24-14(23)10-9-8-16-11(12(15)21(9)18-17-10)13(22)20-6-4-19(2)5-7-20/h8H,3-7,15H2,1-2H3. The number of likely N-dealkylation sites (N-methyl/N-ethyl adjacent to an activating group) is 1. The van der Waals surface area contributed by atoms with Gasteiger partial charge in [-0.1, -0.05) is 5.21 Å². The number of piperazine rings is 1. The van der Waals surface area contributed by atoms with E-state index < -0.39 is 5.97 Å². The van der Waals surface area contributed by atoms with Crippen LogP contribution in [0.2, 0.25) is 0 Å². The van der Waals surface area contributed by atoms with Gasteiger partial charge in [0, 0.05) is 26.2 Å². The number of esters is 1. The number of anilines is 1. The number of rotatable bonds is 3. The summed E-state index contributed by atoms with van der Waals surface area (Å²) in [5.74, 6) is -0.804. The molecule has 10 nitrogen and oxygen atoms in total. The molecule has 3 rings (SSSR count). The lowest BCUT2D eigenvalue weighted by atomic mass is 10.2. The van der Waals surface area contributed by atoms with Crippen LogP contribution in [0.25, 0.3) is 5.52 Å². The van der Waals surface area contributed by atoms with Gasteiger partial charge in [-0.25, -0.2) is 9.78 Å². The summed E-state index contributed by atoms with van der Waals surface area (Å²) in [6, 6.07) is 0. The van der Waals surface area contributed by atoms with Crippen molar-refractivity contribution < 1.29 is 14.3 Å². The van der Waals surface area contributed by atoms with Crippen molar-refractivity contribution in [2.45, 2.75) is 6.92 Å². The molecule has 24 heavy (non-hydrogen) atoms. The van der Waals surface area contributed by atoms with E-state index >= 15 is 0 Å². The molecule has 1 amide bonds. The van der Waals surface area contributed by atoms with E-state index in [0.29, 0.717) is 18.6 Å². The largest absolute Gasteiger partial charge is 0.461 e. The average Bonchev–Trinajstić information content (AvgIpc) is 3.00. The Kier molecular flexibility index (Phi) is 4.30. The van der Waals surface area contributed by atoms with Crippen LogP contribution in [-0.2, 0) is 4.74 Å². The molecule has 0 atom stereocenters. The molecule has 2 aromatic rings. The number of nitrogens with two attached hydrogens (primary N) is 1. The van der Waals surface area contributed by atoms with Crippen LogP contribution in [0.5, 0.6) is 0 Å². The van der Waals surface area contributed by atoms with Crippen LogP contribution >= 0.6 is 0 Å². The van der Waals surface area contributed by atoms with Gasteiger partial charge in [0.15, 0.2) is 17.2 Å². The summed E-state index contributed by atoms with van der Waals surface area (Å²) in [4.78, 5) is 32.5. The van der Waals surface area contributed by atoms with E-state index in [2.05, 4.69) is 20.2 Å². The van der Waals surface area contributed by atoms with Gasteiger partial charge in [0.1, 0.15) is 5.52 Å². The number of hydrogen-bond acceptors (Lipinski definition) is 8. The smallest absolute Gasteiger partial charge is 0.361 e. The molecule has 0 bridgehead atoms. The summed E-state index contributed by atoms with van der Waals surface area (Å²) in [7, 11) is 2.01. The number of nitrogens with zero attached hydrogens (tertiary/aromatic N) is 6. The van der Waals surface area contributed by atoms with Crippen LogP contribution in [0.3, 0.4) is 0 Å². The fourth-order valence-corrected chi connectivity index (χ4v) is 2.54. The normalized spacial score (nSPS) is 15.7. The Hall–Kier alpha value is -2.75. The first-order chi connectivity index (χ1) is 11.5. The Labute approximate surface area is 138 Å². The molecule has 10 heteroatoms. The first-order valence-electron chi connectivity index (χ1n) is 7.67. The van der Waals surface area contributed by atoms with Gasteiger partial charge < -0.3 is 20.3 Å². The SMILES string of the molecule is CCOC(=O)c1nnn2c(N)c(C(=O)N3CCN(C)CC3)ncc12. The summed E-state index contributed by atoms with van der Waals surface area (Å²) < 4.78 is 6.15. The second-order valence-electron chi connectivity index (χ2n) is 5.54. The van der Waals surface area contributed by atoms with Gasteiger partial charge >= 0.3 is 5.97 Å². The number of aromatic nitrogens is 4. The highest BCUT2D eigenvalue weighted by Crippen LogP contribution is 2.17. The predicted molar refractivity (Wildman–Crippen MR) is 84.6 cm³/mol. The third-order valence-electron chi connectivity index (χ3n) is 3.95. The van der Waals surface area contributed by atoms with E-state index in [-0.39, 0.29) is 29.7 Å². The lowest BCUT2D eigenvalue weighted by Gasteiger charge is -2.32. The zero-order valence-electron chi connectivity index (χ0n) is 13.6. The number of amides is 1. The minimum absolute atomic E-state index is 0.0228. The molecule has 1 saturated heterocycles. The van der Waals surface area contributed by atoms with Crippen molar-refractivity contribution in [3.05, 3.63) is 17.6 Å². The highest BCUT2D eigenvalue weighted by Gasteiger charge is 2.26. The maximum atomic E-state index is 12.6. The second kappa shape index (κ2) is 6.40. The second-order valence-corrected chi connectivity index (χ2v) is 5.54. The van der Waals surface area contributed by atoms with Crippen molar-refractivity contribution in [2.75, 3.05) is 45.6 Å². The number of nitrogen functional groups attached to an aromatic ring is 1. The minimum Gasteiger partial charge on any atom is -0.461 e. The van der Waals surface area contributed by atoms with E-state index in [0.717, 1.165) is 13.1 Å². The first-order valence-corrected chi connectivity index (χ1v) is 7.67. The van der Waals surface area contributed by atoms with Crippen molar-refractivity contribution in [2.24, 2.45) is 0 Å².